The minimum atomic E-state index is -0.282. The summed E-state index contributed by atoms with van der Waals surface area (Å²) in [5.74, 6) is -0.282. The number of pyridine rings is 1. The molecule has 1 N–H and O–H groups in total. The van der Waals surface area contributed by atoms with E-state index >= 15 is 0 Å². The SMILES string of the molecule is CNc1ccc(-c2c(C#N)c3ccc(F)cc3n2C2CCC2)nc1. The lowest BCUT2D eigenvalue weighted by Gasteiger charge is -2.30. The third-order valence-electron chi connectivity index (χ3n) is 4.81. The van der Waals surface area contributed by atoms with Crippen molar-refractivity contribution in [1.29, 1.82) is 5.26 Å². The van der Waals surface area contributed by atoms with E-state index in [0.717, 1.165) is 47.2 Å². The first-order chi connectivity index (χ1) is 11.7. The molecule has 3 aromatic rings. The molecule has 0 spiro atoms. The van der Waals surface area contributed by atoms with Gasteiger partial charge in [-0.05, 0) is 49.6 Å². The zero-order valence-corrected chi connectivity index (χ0v) is 13.4. The summed E-state index contributed by atoms with van der Waals surface area (Å²) in [6.45, 7) is 0. The summed E-state index contributed by atoms with van der Waals surface area (Å²) in [7, 11) is 1.84. The molecule has 0 unspecified atom stereocenters. The Morgan fingerprint density at radius 3 is 2.71 bits per heavy atom. The van der Waals surface area contributed by atoms with Crippen molar-refractivity contribution in [1.82, 2.24) is 9.55 Å². The molecular weight excluding hydrogens is 303 g/mol. The van der Waals surface area contributed by atoms with Gasteiger partial charge in [0.2, 0.25) is 0 Å². The molecular formula is C19H17FN4. The molecule has 2 aromatic heterocycles. The molecule has 1 aromatic carbocycles. The predicted octanol–water partition coefficient (Wildman–Crippen LogP) is 4.48. The molecule has 5 heteroatoms. The second-order valence-electron chi connectivity index (χ2n) is 6.13. The van der Waals surface area contributed by atoms with Crippen molar-refractivity contribution >= 4 is 16.6 Å². The number of nitrogens with one attached hydrogen (secondary N) is 1. The number of hydrogen-bond acceptors (Lipinski definition) is 3. The van der Waals surface area contributed by atoms with Gasteiger partial charge >= 0.3 is 0 Å². The summed E-state index contributed by atoms with van der Waals surface area (Å²) in [4.78, 5) is 4.52. The number of fused-ring (bicyclic) bond motifs is 1. The van der Waals surface area contributed by atoms with Crippen LogP contribution in [-0.4, -0.2) is 16.6 Å². The molecule has 0 radical (unpaired) electrons. The number of aromatic nitrogens is 2. The maximum atomic E-state index is 13.8. The third-order valence-corrected chi connectivity index (χ3v) is 4.81. The number of rotatable bonds is 3. The van der Waals surface area contributed by atoms with Crippen LogP contribution in [0.1, 0.15) is 30.9 Å². The van der Waals surface area contributed by atoms with Crippen LogP contribution in [0.5, 0.6) is 0 Å². The summed E-state index contributed by atoms with van der Waals surface area (Å²) in [5, 5.41) is 13.6. The zero-order valence-electron chi connectivity index (χ0n) is 13.4. The number of halogens is 1. The highest BCUT2D eigenvalue weighted by atomic mass is 19.1. The summed E-state index contributed by atoms with van der Waals surface area (Å²) in [6.07, 6.45) is 5.01. The molecule has 1 saturated carbocycles. The second kappa shape index (κ2) is 5.64. The van der Waals surface area contributed by atoms with Gasteiger partial charge in [0, 0.05) is 18.5 Å². The number of anilines is 1. The number of benzene rings is 1. The average Bonchev–Trinajstić information content (AvgIpc) is 2.87. The molecule has 120 valence electrons. The van der Waals surface area contributed by atoms with Gasteiger partial charge in [0.1, 0.15) is 11.9 Å². The Bertz CT molecular complexity index is 946. The summed E-state index contributed by atoms with van der Waals surface area (Å²) >= 11 is 0. The minimum absolute atomic E-state index is 0.282. The third kappa shape index (κ3) is 2.15. The Kier molecular flexibility index (Phi) is 3.46. The lowest BCUT2D eigenvalue weighted by Crippen LogP contribution is -2.18. The maximum Gasteiger partial charge on any atom is 0.125 e. The smallest absolute Gasteiger partial charge is 0.125 e. The van der Waals surface area contributed by atoms with E-state index in [1.165, 1.54) is 12.1 Å². The summed E-state index contributed by atoms with van der Waals surface area (Å²) < 4.78 is 15.9. The first-order valence-electron chi connectivity index (χ1n) is 8.10. The normalized spacial score (nSPS) is 14.4. The highest BCUT2D eigenvalue weighted by molar-refractivity contribution is 5.94. The van der Waals surface area contributed by atoms with Crippen LogP contribution >= 0.6 is 0 Å². The molecule has 1 aliphatic rings. The van der Waals surface area contributed by atoms with Crippen molar-refractivity contribution in [3.63, 3.8) is 0 Å². The number of nitrogens with zero attached hydrogens (tertiary/aromatic N) is 3. The van der Waals surface area contributed by atoms with Gasteiger partial charge < -0.3 is 9.88 Å². The van der Waals surface area contributed by atoms with Crippen LogP contribution < -0.4 is 5.32 Å². The molecule has 4 nitrogen and oxygen atoms in total. The Hall–Kier alpha value is -2.87. The van der Waals surface area contributed by atoms with Gasteiger partial charge in [0.05, 0.1) is 34.4 Å². The van der Waals surface area contributed by atoms with Crippen LogP contribution in [-0.2, 0) is 0 Å². The fourth-order valence-corrected chi connectivity index (χ4v) is 3.35. The minimum Gasteiger partial charge on any atom is -0.387 e. The van der Waals surface area contributed by atoms with Gasteiger partial charge in [-0.2, -0.15) is 5.26 Å². The van der Waals surface area contributed by atoms with E-state index in [1.54, 1.807) is 12.3 Å². The molecule has 0 amide bonds. The zero-order chi connectivity index (χ0) is 16.7. The number of hydrogen-bond donors (Lipinski definition) is 1. The average molecular weight is 320 g/mol. The fraction of sp³-hybridized carbons (Fsp3) is 0.263. The van der Waals surface area contributed by atoms with Crippen LogP contribution in [0, 0.1) is 17.1 Å². The van der Waals surface area contributed by atoms with Crippen LogP contribution in [0.2, 0.25) is 0 Å². The molecule has 0 atom stereocenters. The van der Waals surface area contributed by atoms with E-state index in [1.807, 2.05) is 19.2 Å². The van der Waals surface area contributed by atoms with Crippen molar-refractivity contribution < 1.29 is 4.39 Å². The van der Waals surface area contributed by atoms with Crippen molar-refractivity contribution in [3.8, 4) is 17.5 Å². The quantitative estimate of drug-likeness (QED) is 0.774. The topological polar surface area (TPSA) is 53.6 Å². The highest BCUT2D eigenvalue weighted by Gasteiger charge is 2.28. The molecule has 0 aliphatic heterocycles. The largest absolute Gasteiger partial charge is 0.387 e. The second-order valence-corrected chi connectivity index (χ2v) is 6.13. The Morgan fingerprint density at radius 2 is 2.12 bits per heavy atom. The lowest BCUT2D eigenvalue weighted by atomic mass is 9.92. The summed E-state index contributed by atoms with van der Waals surface area (Å²) in [6, 6.07) is 11.1. The Morgan fingerprint density at radius 1 is 1.29 bits per heavy atom. The predicted molar refractivity (Wildman–Crippen MR) is 92.3 cm³/mol. The lowest BCUT2D eigenvalue weighted by molar-refractivity contribution is 0.323. The summed E-state index contributed by atoms with van der Waals surface area (Å²) in [5.41, 5.74) is 3.81. The van der Waals surface area contributed by atoms with Crippen molar-refractivity contribution in [2.75, 3.05) is 12.4 Å². The molecule has 24 heavy (non-hydrogen) atoms. The van der Waals surface area contributed by atoms with Gasteiger partial charge in [0.25, 0.3) is 0 Å². The van der Waals surface area contributed by atoms with E-state index in [0.29, 0.717) is 11.6 Å². The maximum absolute atomic E-state index is 13.8. The van der Waals surface area contributed by atoms with Gasteiger partial charge in [-0.25, -0.2) is 4.39 Å². The first-order valence-corrected chi connectivity index (χ1v) is 8.10. The van der Waals surface area contributed by atoms with Crippen molar-refractivity contribution in [2.24, 2.45) is 0 Å². The van der Waals surface area contributed by atoms with Gasteiger partial charge in [-0.3, -0.25) is 4.98 Å². The molecule has 1 aliphatic carbocycles. The van der Waals surface area contributed by atoms with Gasteiger partial charge in [-0.1, -0.05) is 0 Å². The van der Waals surface area contributed by atoms with Crippen molar-refractivity contribution in [2.45, 2.75) is 25.3 Å². The van der Waals surface area contributed by atoms with Crippen LogP contribution in [0.4, 0.5) is 10.1 Å². The first kappa shape index (κ1) is 14.7. The van der Waals surface area contributed by atoms with Crippen LogP contribution in [0.15, 0.2) is 36.5 Å². The monoisotopic (exact) mass is 320 g/mol. The van der Waals surface area contributed by atoms with E-state index in [2.05, 4.69) is 20.9 Å². The molecule has 0 saturated heterocycles. The molecule has 1 fully saturated rings. The van der Waals surface area contributed by atoms with Crippen molar-refractivity contribution in [3.05, 3.63) is 47.9 Å². The highest BCUT2D eigenvalue weighted by Crippen LogP contribution is 2.42. The van der Waals surface area contributed by atoms with Gasteiger partial charge in [0.15, 0.2) is 0 Å². The van der Waals surface area contributed by atoms with Crippen LogP contribution in [0.3, 0.4) is 0 Å². The molecule has 2 heterocycles. The Balaban J connectivity index is 2.03. The fourth-order valence-electron chi connectivity index (χ4n) is 3.35. The number of nitriles is 1. The Labute approximate surface area is 139 Å². The van der Waals surface area contributed by atoms with E-state index in [9.17, 15) is 9.65 Å². The molecule has 0 bridgehead atoms. The molecule has 4 rings (SSSR count). The standard InChI is InChI=1S/C19H17FN4/c1-22-13-6-8-17(23-11-13)19-16(10-21)15-7-5-12(20)9-18(15)24(19)14-3-2-4-14/h5-9,11,14,22H,2-4H2,1H3. The van der Waals surface area contributed by atoms with E-state index in [-0.39, 0.29) is 5.82 Å². The van der Waals surface area contributed by atoms with E-state index < -0.39 is 0 Å². The van der Waals surface area contributed by atoms with Gasteiger partial charge in [-0.15, -0.1) is 0 Å². The van der Waals surface area contributed by atoms with Crippen LogP contribution in [0.25, 0.3) is 22.3 Å². The van der Waals surface area contributed by atoms with E-state index in [4.69, 9.17) is 0 Å².